The summed E-state index contributed by atoms with van der Waals surface area (Å²) in [5.74, 6) is -0.214. The fourth-order valence-corrected chi connectivity index (χ4v) is 3.45. The number of carbonyl (C=O) groups excluding carboxylic acids is 2. The van der Waals surface area contributed by atoms with Gasteiger partial charge in [-0.1, -0.05) is 6.07 Å². The van der Waals surface area contributed by atoms with E-state index >= 15 is 0 Å². The standard InChI is InChI=1S/C18H20N6O2/c1-12-14(10-20-22-12)17(25)19-9-13-5-4-7-23(13)18(26)15-11-21-24-8-3-2-6-16(15)24/h2-3,6,8,10-11,13H,4-5,7,9H2,1H3,(H,19,25)(H,20,22)/t13-/m1/s1. The van der Waals surface area contributed by atoms with Crippen molar-refractivity contribution in [1.82, 2.24) is 30.0 Å². The van der Waals surface area contributed by atoms with Gasteiger partial charge in [-0.2, -0.15) is 10.2 Å². The van der Waals surface area contributed by atoms with Crippen LogP contribution in [0.3, 0.4) is 0 Å². The van der Waals surface area contributed by atoms with Crippen LogP contribution in [-0.2, 0) is 0 Å². The van der Waals surface area contributed by atoms with Crippen molar-refractivity contribution in [3.05, 3.63) is 53.6 Å². The van der Waals surface area contributed by atoms with E-state index in [0.717, 1.165) is 24.1 Å². The zero-order chi connectivity index (χ0) is 18.1. The lowest BCUT2D eigenvalue weighted by molar-refractivity contribution is 0.0727. The molecule has 1 aliphatic rings. The molecule has 0 bridgehead atoms. The Labute approximate surface area is 150 Å². The number of carbonyl (C=O) groups is 2. The van der Waals surface area contributed by atoms with Gasteiger partial charge < -0.3 is 10.2 Å². The Balaban J connectivity index is 1.47. The van der Waals surface area contributed by atoms with E-state index in [1.807, 2.05) is 29.3 Å². The van der Waals surface area contributed by atoms with Gasteiger partial charge in [-0.25, -0.2) is 4.52 Å². The van der Waals surface area contributed by atoms with Crippen LogP contribution in [0.4, 0.5) is 0 Å². The number of aromatic amines is 1. The Kier molecular flexibility index (Phi) is 4.16. The lowest BCUT2D eigenvalue weighted by atomic mass is 10.1. The Morgan fingerprint density at radius 3 is 3.00 bits per heavy atom. The molecule has 3 aromatic rings. The SMILES string of the molecule is Cc1[nH]ncc1C(=O)NC[C@H]1CCCN1C(=O)c1cnn2ccccc12. The minimum atomic E-state index is -0.175. The smallest absolute Gasteiger partial charge is 0.258 e. The minimum Gasteiger partial charge on any atom is -0.350 e. The zero-order valence-corrected chi connectivity index (χ0v) is 14.5. The van der Waals surface area contributed by atoms with Crippen molar-refractivity contribution in [2.24, 2.45) is 0 Å². The summed E-state index contributed by atoms with van der Waals surface area (Å²) in [5, 5.41) is 13.8. The van der Waals surface area contributed by atoms with Gasteiger partial charge in [-0.15, -0.1) is 0 Å². The summed E-state index contributed by atoms with van der Waals surface area (Å²) in [4.78, 5) is 27.1. The molecular weight excluding hydrogens is 332 g/mol. The normalized spacial score (nSPS) is 17.0. The van der Waals surface area contributed by atoms with E-state index in [2.05, 4.69) is 20.6 Å². The van der Waals surface area contributed by atoms with Crippen LogP contribution in [0.5, 0.6) is 0 Å². The molecule has 8 nitrogen and oxygen atoms in total. The van der Waals surface area contributed by atoms with Crippen LogP contribution in [0.2, 0.25) is 0 Å². The molecule has 26 heavy (non-hydrogen) atoms. The number of nitrogens with one attached hydrogen (secondary N) is 2. The highest BCUT2D eigenvalue weighted by molar-refractivity contribution is 6.01. The number of hydrogen-bond donors (Lipinski definition) is 2. The summed E-state index contributed by atoms with van der Waals surface area (Å²) in [6, 6.07) is 5.63. The summed E-state index contributed by atoms with van der Waals surface area (Å²) < 4.78 is 1.70. The average molecular weight is 352 g/mol. The maximum atomic E-state index is 13.0. The number of rotatable bonds is 4. The third kappa shape index (κ3) is 2.83. The zero-order valence-electron chi connectivity index (χ0n) is 14.5. The van der Waals surface area contributed by atoms with Crippen molar-refractivity contribution in [1.29, 1.82) is 0 Å². The van der Waals surface area contributed by atoms with Gasteiger partial charge in [0.15, 0.2) is 0 Å². The van der Waals surface area contributed by atoms with Gasteiger partial charge in [0.2, 0.25) is 0 Å². The summed E-state index contributed by atoms with van der Waals surface area (Å²) in [6.45, 7) is 2.92. The predicted molar refractivity (Wildman–Crippen MR) is 94.9 cm³/mol. The lowest BCUT2D eigenvalue weighted by Gasteiger charge is -2.24. The van der Waals surface area contributed by atoms with E-state index in [9.17, 15) is 9.59 Å². The van der Waals surface area contributed by atoms with E-state index < -0.39 is 0 Å². The topological polar surface area (TPSA) is 95.4 Å². The second kappa shape index (κ2) is 6.62. The van der Waals surface area contributed by atoms with Crippen LogP contribution < -0.4 is 5.32 Å². The number of nitrogens with zero attached hydrogens (tertiary/aromatic N) is 4. The van der Waals surface area contributed by atoms with Gasteiger partial charge in [-0.05, 0) is 31.9 Å². The molecule has 1 saturated heterocycles. The molecule has 134 valence electrons. The van der Waals surface area contributed by atoms with Crippen LogP contribution >= 0.6 is 0 Å². The maximum Gasteiger partial charge on any atom is 0.258 e. The number of hydrogen-bond acceptors (Lipinski definition) is 4. The molecule has 0 radical (unpaired) electrons. The highest BCUT2D eigenvalue weighted by atomic mass is 16.2. The number of aryl methyl sites for hydroxylation is 1. The summed E-state index contributed by atoms with van der Waals surface area (Å²) in [6.07, 6.45) is 6.74. The number of H-pyrrole nitrogens is 1. The van der Waals surface area contributed by atoms with E-state index in [1.54, 1.807) is 17.6 Å². The first-order valence-corrected chi connectivity index (χ1v) is 8.66. The van der Waals surface area contributed by atoms with Crippen molar-refractivity contribution < 1.29 is 9.59 Å². The second-order valence-corrected chi connectivity index (χ2v) is 6.50. The molecule has 0 aromatic carbocycles. The van der Waals surface area contributed by atoms with Crippen molar-refractivity contribution >= 4 is 17.3 Å². The largest absolute Gasteiger partial charge is 0.350 e. The molecule has 1 aliphatic heterocycles. The van der Waals surface area contributed by atoms with Gasteiger partial charge in [-0.3, -0.25) is 14.7 Å². The van der Waals surface area contributed by atoms with Crippen LogP contribution in [0.25, 0.3) is 5.52 Å². The quantitative estimate of drug-likeness (QED) is 0.742. The number of likely N-dealkylation sites (tertiary alicyclic amines) is 1. The molecule has 4 rings (SSSR count). The molecule has 3 aromatic heterocycles. The maximum absolute atomic E-state index is 13.0. The predicted octanol–water partition coefficient (Wildman–Crippen LogP) is 1.40. The molecule has 1 atom stereocenters. The average Bonchev–Trinajstić information content (AvgIpc) is 3.38. The lowest BCUT2D eigenvalue weighted by Crippen LogP contribution is -2.43. The van der Waals surface area contributed by atoms with Crippen molar-refractivity contribution in [2.45, 2.75) is 25.8 Å². The Morgan fingerprint density at radius 1 is 1.31 bits per heavy atom. The van der Waals surface area contributed by atoms with Crippen LogP contribution in [0.1, 0.15) is 39.3 Å². The number of aromatic nitrogens is 4. The molecular formula is C18H20N6O2. The number of amides is 2. The fourth-order valence-electron chi connectivity index (χ4n) is 3.45. The van der Waals surface area contributed by atoms with Gasteiger partial charge >= 0.3 is 0 Å². The Morgan fingerprint density at radius 2 is 2.19 bits per heavy atom. The van der Waals surface area contributed by atoms with Gasteiger partial charge in [0, 0.05) is 31.0 Å². The third-order valence-corrected chi connectivity index (χ3v) is 4.87. The summed E-state index contributed by atoms with van der Waals surface area (Å²) >= 11 is 0. The monoisotopic (exact) mass is 352 g/mol. The van der Waals surface area contributed by atoms with Crippen molar-refractivity contribution in [2.75, 3.05) is 13.1 Å². The molecule has 0 saturated carbocycles. The van der Waals surface area contributed by atoms with Crippen LogP contribution in [-0.4, -0.2) is 55.7 Å². The number of fused-ring (bicyclic) bond motifs is 1. The molecule has 0 unspecified atom stereocenters. The van der Waals surface area contributed by atoms with Crippen LogP contribution in [0.15, 0.2) is 36.8 Å². The Hall–Kier alpha value is -3.16. The van der Waals surface area contributed by atoms with Crippen molar-refractivity contribution in [3.8, 4) is 0 Å². The minimum absolute atomic E-state index is 0.0164. The highest BCUT2D eigenvalue weighted by Gasteiger charge is 2.31. The van der Waals surface area contributed by atoms with E-state index in [1.165, 1.54) is 6.20 Å². The molecule has 1 fully saturated rings. The van der Waals surface area contributed by atoms with E-state index in [0.29, 0.717) is 24.2 Å². The molecule has 0 aliphatic carbocycles. The van der Waals surface area contributed by atoms with Gasteiger partial charge in [0.25, 0.3) is 11.8 Å². The first kappa shape index (κ1) is 16.3. The summed E-state index contributed by atoms with van der Waals surface area (Å²) in [7, 11) is 0. The molecule has 0 spiro atoms. The Bertz CT molecular complexity index is 959. The number of pyridine rings is 1. The highest BCUT2D eigenvalue weighted by Crippen LogP contribution is 2.22. The molecule has 8 heteroatoms. The third-order valence-electron chi connectivity index (χ3n) is 4.87. The molecule has 2 amide bonds. The first-order valence-electron chi connectivity index (χ1n) is 8.66. The van der Waals surface area contributed by atoms with Crippen LogP contribution in [0, 0.1) is 6.92 Å². The van der Waals surface area contributed by atoms with Gasteiger partial charge in [0.1, 0.15) is 0 Å². The van der Waals surface area contributed by atoms with Gasteiger partial charge in [0.05, 0.1) is 29.0 Å². The van der Waals surface area contributed by atoms with E-state index in [4.69, 9.17) is 0 Å². The molecule has 2 N–H and O–H groups in total. The second-order valence-electron chi connectivity index (χ2n) is 6.50. The van der Waals surface area contributed by atoms with Crippen molar-refractivity contribution in [3.63, 3.8) is 0 Å². The van der Waals surface area contributed by atoms with E-state index in [-0.39, 0.29) is 17.9 Å². The summed E-state index contributed by atoms with van der Waals surface area (Å²) in [5.41, 5.74) is 2.65. The first-order chi connectivity index (χ1) is 12.6. The fraction of sp³-hybridized carbons (Fsp3) is 0.333. The molecule has 4 heterocycles.